The van der Waals surface area contributed by atoms with Crippen molar-refractivity contribution in [1.82, 2.24) is 9.97 Å². The van der Waals surface area contributed by atoms with Crippen molar-refractivity contribution in [1.29, 1.82) is 0 Å². The van der Waals surface area contributed by atoms with Crippen molar-refractivity contribution in [3.05, 3.63) is 18.0 Å². The Morgan fingerprint density at radius 3 is 2.12 bits per heavy atom. The van der Waals surface area contributed by atoms with Crippen molar-refractivity contribution in [2.45, 2.75) is 37.4 Å². The van der Waals surface area contributed by atoms with Crippen LogP contribution in [-0.2, 0) is 5.33 Å². The molecule has 1 aliphatic heterocycles. The zero-order chi connectivity index (χ0) is 11.2. The summed E-state index contributed by atoms with van der Waals surface area (Å²) in [4.78, 5) is 11.2. The predicted octanol–water partition coefficient (Wildman–Crippen LogP) is 3.14. The van der Waals surface area contributed by atoms with E-state index < -0.39 is 0 Å². The predicted molar refractivity (Wildman–Crippen MR) is 70.0 cm³/mol. The molecule has 1 aromatic heterocycles. The van der Waals surface area contributed by atoms with Gasteiger partial charge in [0.1, 0.15) is 0 Å². The molecule has 3 nitrogen and oxygen atoms in total. The highest BCUT2D eigenvalue weighted by molar-refractivity contribution is 9.08. The zero-order valence-corrected chi connectivity index (χ0v) is 11.1. The summed E-state index contributed by atoms with van der Waals surface area (Å²) in [6.45, 7) is 2.21. The van der Waals surface area contributed by atoms with Gasteiger partial charge in [-0.25, -0.2) is 9.97 Å². The van der Waals surface area contributed by atoms with Gasteiger partial charge in [-0.2, -0.15) is 0 Å². The summed E-state index contributed by atoms with van der Waals surface area (Å²) in [5, 5.41) is 0.827. The molecule has 1 aliphatic rings. The molecule has 2 heterocycles. The van der Waals surface area contributed by atoms with E-state index in [1.807, 2.05) is 12.4 Å². The SMILES string of the molecule is BrCc1cnc(N2CCCCCCC2)nc1. The molecule has 0 saturated carbocycles. The second-order valence-electron chi connectivity index (χ2n) is 4.28. The molecular formula is C12H18BrN3. The average molecular weight is 284 g/mol. The maximum absolute atomic E-state index is 4.43. The molecule has 2 rings (SSSR count). The van der Waals surface area contributed by atoms with Gasteiger partial charge in [0, 0.05) is 30.8 Å². The first kappa shape index (κ1) is 11.8. The fourth-order valence-corrected chi connectivity index (χ4v) is 2.32. The highest BCUT2D eigenvalue weighted by Crippen LogP contribution is 2.15. The molecule has 4 heteroatoms. The fraction of sp³-hybridized carbons (Fsp3) is 0.667. The van der Waals surface area contributed by atoms with Crippen LogP contribution in [0, 0.1) is 0 Å². The Morgan fingerprint density at radius 2 is 1.56 bits per heavy atom. The average Bonchev–Trinajstić information content (AvgIpc) is 2.29. The molecule has 0 aromatic carbocycles. The minimum atomic E-state index is 0.827. The Balaban J connectivity index is 2.02. The van der Waals surface area contributed by atoms with Crippen molar-refractivity contribution in [2.75, 3.05) is 18.0 Å². The Hall–Kier alpha value is -0.640. The largest absolute Gasteiger partial charge is 0.341 e. The number of rotatable bonds is 2. The monoisotopic (exact) mass is 283 g/mol. The van der Waals surface area contributed by atoms with Gasteiger partial charge in [0.05, 0.1) is 0 Å². The first-order chi connectivity index (χ1) is 7.90. The van der Waals surface area contributed by atoms with Gasteiger partial charge in [-0.1, -0.05) is 35.2 Å². The van der Waals surface area contributed by atoms with E-state index in [0.29, 0.717) is 0 Å². The van der Waals surface area contributed by atoms with Crippen molar-refractivity contribution < 1.29 is 0 Å². The van der Waals surface area contributed by atoms with Gasteiger partial charge in [-0.3, -0.25) is 0 Å². The van der Waals surface area contributed by atoms with Crippen LogP contribution in [0.25, 0.3) is 0 Å². The summed E-state index contributed by atoms with van der Waals surface area (Å²) in [7, 11) is 0. The summed E-state index contributed by atoms with van der Waals surface area (Å²) >= 11 is 3.41. The van der Waals surface area contributed by atoms with Crippen molar-refractivity contribution in [3.63, 3.8) is 0 Å². The van der Waals surface area contributed by atoms with E-state index in [9.17, 15) is 0 Å². The van der Waals surface area contributed by atoms with Gasteiger partial charge >= 0.3 is 0 Å². The molecule has 0 radical (unpaired) electrons. The number of halogens is 1. The van der Waals surface area contributed by atoms with Crippen molar-refractivity contribution >= 4 is 21.9 Å². The molecule has 1 saturated heterocycles. The van der Waals surface area contributed by atoms with Gasteiger partial charge in [-0.05, 0) is 18.4 Å². The number of hydrogen-bond donors (Lipinski definition) is 0. The number of nitrogens with zero attached hydrogens (tertiary/aromatic N) is 3. The van der Waals surface area contributed by atoms with E-state index in [1.165, 1.54) is 32.1 Å². The number of aromatic nitrogens is 2. The molecule has 88 valence electrons. The fourth-order valence-electron chi connectivity index (χ4n) is 2.03. The molecular weight excluding hydrogens is 266 g/mol. The van der Waals surface area contributed by atoms with Crippen LogP contribution in [0.5, 0.6) is 0 Å². The van der Waals surface area contributed by atoms with Gasteiger partial charge in [0.15, 0.2) is 0 Å². The van der Waals surface area contributed by atoms with Gasteiger partial charge < -0.3 is 4.90 Å². The van der Waals surface area contributed by atoms with Crippen LogP contribution in [0.1, 0.15) is 37.7 Å². The van der Waals surface area contributed by atoms with Gasteiger partial charge in [0.2, 0.25) is 5.95 Å². The zero-order valence-electron chi connectivity index (χ0n) is 9.53. The molecule has 0 atom stereocenters. The Morgan fingerprint density at radius 1 is 1.00 bits per heavy atom. The second-order valence-corrected chi connectivity index (χ2v) is 4.84. The van der Waals surface area contributed by atoms with Crippen molar-refractivity contribution in [2.24, 2.45) is 0 Å². The second kappa shape index (κ2) is 6.18. The molecule has 1 fully saturated rings. The molecule has 0 N–H and O–H groups in total. The minimum Gasteiger partial charge on any atom is -0.341 e. The van der Waals surface area contributed by atoms with Crippen LogP contribution in [0.4, 0.5) is 5.95 Å². The molecule has 0 bridgehead atoms. The molecule has 0 unspecified atom stereocenters. The molecule has 0 aliphatic carbocycles. The Bertz CT molecular complexity index is 305. The lowest BCUT2D eigenvalue weighted by molar-refractivity contribution is 0.550. The van der Waals surface area contributed by atoms with Crippen LogP contribution in [0.3, 0.4) is 0 Å². The van der Waals surface area contributed by atoms with Gasteiger partial charge in [-0.15, -0.1) is 0 Å². The standard InChI is InChI=1S/C12H18BrN3/c13-8-11-9-14-12(15-10-11)16-6-4-2-1-3-5-7-16/h9-10H,1-8H2. The maximum atomic E-state index is 4.43. The van der Waals surface area contributed by atoms with E-state index in [0.717, 1.165) is 29.9 Å². The first-order valence-electron chi connectivity index (χ1n) is 6.02. The summed E-state index contributed by atoms with van der Waals surface area (Å²) in [6.07, 6.45) is 10.4. The van der Waals surface area contributed by atoms with Crippen LogP contribution in [-0.4, -0.2) is 23.1 Å². The van der Waals surface area contributed by atoms with E-state index in [2.05, 4.69) is 30.8 Å². The van der Waals surface area contributed by atoms with Crippen LogP contribution < -0.4 is 4.90 Å². The lowest BCUT2D eigenvalue weighted by Crippen LogP contribution is -2.28. The summed E-state index contributed by atoms with van der Waals surface area (Å²) in [6, 6.07) is 0. The number of hydrogen-bond acceptors (Lipinski definition) is 3. The Labute approximate surface area is 105 Å². The Kier molecular flexibility index (Phi) is 4.57. The number of alkyl halides is 1. The van der Waals surface area contributed by atoms with E-state index in [-0.39, 0.29) is 0 Å². The molecule has 16 heavy (non-hydrogen) atoms. The van der Waals surface area contributed by atoms with Crippen LogP contribution in [0.2, 0.25) is 0 Å². The smallest absolute Gasteiger partial charge is 0.225 e. The summed E-state index contributed by atoms with van der Waals surface area (Å²) in [5.74, 6) is 0.895. The number of anilines is 1. The lowest BCUT2D eigenvalue weighted by Gasteiger charge is -2.24. The highest BCUT2D eigenvalue weighted by Gasteiger charge is 2.10. The van der Waals surface area contributed by atoms with E-state index in [4.69, 9.17) is 0 Å². The summed E-state index contributed by atoms with van der Waals surface area (Å²) < 4.78 is 0. The topological polar surface area (TPSA) is 29.0 Å². The minimum absolute atomic E-state index is 0.827. The third kappa shape index (κ3) is 3.17. The lowest BCUT2D eigenvalue weighted by atomic mass is 10.1. The van der Waals surface area contributed by atoms with E-state index in [1.54, 1.807) is 0 Å². The highest BCUT2D eigenvalue weighted by atomic mass is 79.9. The quantitative estimate of drug-likeness (QED) is 0.781. The molecule has 0 amide bonds. The van der Waals surface area contributed by atoms with Crippen LogP contribution >= 0.6 is 15.9 Å². The molecule has 0 spiro atoms. The molecule has 1 aromatic rings. The first-order valence-corrected chi connectivity index (χ1v) is 7.14. The van der Waals surface area contributed by atoms with Crippen molar-refractivity contribution in [3.8, 4) is 0 Å². The third-order valence-electron chi connectivity index (χ3n) is 2.98. The van der Waals surface area contributed by atoms with Gasteiger partial charge in [0.25, 0.3) is 0 Å². The van der Waals surface area contributed by atoms with Crippen LogP contribution in [0.15, 0.2) is 12.4 Å². The summed E-state index contributed by atoms with van der Waals surface area (Å²) in [5.41, 5.74) is 1.13. The maximum Gasteiger partial charge on any atom is 0.225 e. The normalized spacial score (nSPS) is 17.9. The van der Waals surface area contributed by atoms with E-state index >= 15 is 0 Å². The third-order valence-corrected chi connectivity index (χ3v) is 3.63.